The molecule has 0 aromatic heterocycles. The molecule has 1 aromatic rings. The first-order valence-corrected chi connectivity index (χ1v) is 8.70. The largest absolute Gasteiger partial charge is 0.416 e. The Kier molecular flexibility index (Phi) is 6.88. The Labute approximate surface area is 140 Å². The summed E-state index contributed by atoms with van der Waals surface area (Å²) in [5.41, 5.74) is -0.708. The minimum atomic E-state index is -4.47. The highest BCUT2D eigenvalue weighted by Crippen LogP contribution is 2.29. The summed E-state index contributed by atoms with van der Waals surface area (Å²) in [5.74, 6) is -0.449. The summed E-state index contributed by atoms with van der Waals surface area (Å²) in [5, 5.41) is 3.21. The van der Waals surface area contributed by atoms with E-state index in [4.69, 9.17) is 0 Å². The molecule has 0 aliphatic carbocycles. The lowest BCUT2D eigenvalue weighted by Gasteiger charge is -2.28. The fraction of sp³-hybridized carbons (Fsp3) is 0.571. The first kappa shape index (κ1) is 20.2. The topological polar surface area (TPSA) is 58.2 Å². The second-order valence-electron chi connectivity index (χ2n) is 5.65. The third-order valence-corrected chi connectivity index (χ3v) is 4.99. The van der Waals surface area contributed by atoms with Crippen molar-refractivity contribution in [2.45, 2.75) is 43.8 Å². The predicted molar refractivity (Wildman–Crippen MR) is 84.9 cm³/mol. The Morgan fingerprint density at radius 2 is 2.04 bits per heavy atom. The van der Waals surface area contributed by atoms with Gasteiger partial charge in [-0.3, -0.25) is 0 Å². The molecule has 1 fully saturated rings. The Morgan fingerprint density at radius 3 is 2.65 bits per heavy atom. The van der Waals surface area contributed by atoms with Gasteiger partial charge in [0.2, 0.25) is 10.0 Å². The van der Waals surface area contributed by atoms with E-state index in [2.05, 4.69) is 10.0 Å². The van der Waals surface area contributed by atoms with E-state index < -0.39 is 27.5 Å². The minimum absolute atomic E-state index is 0. The van der Waals surface area contributed by atoms with Gasteiger partial charge in [-0.2, -0.15) is 13.2 Å². The van der Waals surface area contributed by atoms with E-state index in [0.29, 0.717) is 12.8 Å². The van der Waals surface area contributed by atoms with Crippen molar-refractivity contribution in [3.05, 3.63) is 35.4 Å². The van der Waals surface area contributed by atoms with Crippen LogP contribution in [0.1, 0.15) is 30.9 Å². The lowest BCUT2D eigenvalue weighted by atomic mass is 10.0. The maximum absolute atomic E-state index is 12.6. The molecular weight excluding hydrogens is 353 g/mol. The molecule has 0 amide bonds. The molecule has 2 atom stereocenters. The minimum Gasteiger partial charge on any atom is -0.314 e. The van der Waals surface area contributed by atoms with E-state index in [0.717, 1.165) is 18.7 Å². The second kappa shape index (κ2) is 7.83. The standard InChI is InChI=1S/C14H19F3N2O2S.ClH/c1-10-7-13(5-6-18-10)19-22(20,21)9-11-3-2-4-12(8-11)14(15,16)17;/h2-4,8,10,13,18-19H,5-7,9H2,1H3;1H. The number of hydrogen-bond donors (Lipinski definition) is 2. The molecule has 2 rings (SSSR count). The van der Waals surface area contributed by atoms with Crippen molar-refractivity contribution in [3.8, 4) is 0 Å². The molecule has 4 nitrogen and oxygen atoms in total. The van der Waals surface area contributed by atoms with E-state index in [9.17, 15) is 21.6 Å². The third kappa shape index (κ3) is 6.29. The van der Waals surface area contributed by atoms with Crippen molar-refractivity contribution in [3.63, 3.8) is 0 Å². The molecule has 23 heavy (non-hydrogen) atoms. The molecule has 132 valence electrons. The van der Waals surface area contributed by atoms with Crippen LogP contribution in [0.25, 0.3) is 0 Å². The fourth-order valence-corrected chi connectivity index (χ4v) is 4.02. The summed E-state index contributed by atoms with van der Waals surface area (Å²) in [7, 11) is -3.67. The smallest absolute Gasteiger partial charge is 0.314 e. The molecule has 0 spiro atoms. The lowest BCUT2D eigenvalue weighted by molar-refractivity contribution is -0.137. The van der Waals surface area contributed by atoms with Crippen molar-refractivity contribution >= 4 is 22.4 Å². The summed E-state index contributed by atoms with van der Waals surface area (Å²) < 4.78 is 64.8. The Bertz CT molecular complexity index is 623. The van der Waals surface area contributed by atoms with Gasteiger partial charge in [0.15, 0.2) is 0 Å². The van der Waals surface area contributed by atoms with E-state index in [-0.39, 0.29) is 30.1 Å². The van der Waals surface area contributed by atoms with Crippen LogP contribution in [-0.2, 0) is 22.0 Å². The van der Waals surface area contributed by atoms with Crippen molar-refractivity contribution < 1.29 is 21.6 Å². The quantitative estimate of drug-likeness (QED) is 0.854. The molecule has 1 aliphatic heterocycles. The molecule has 0 radical (unpaired) electrons. The van der Waals surface area contributed by atoms with Crippen molar-refractivity contribution in [1.29, 1.82) is 0 Å². The number of benzene rings is 1. The fourth-order valence-electron chi connectivity index (χ4n) is 2.59. The van der Waals surface area contributed by atoms with Crippen LogP contribution >= 0.6 is 12.4 Å². The van der Waals surface area contributed by atoms with Gasteiger partial charge in [-0.25, -0.2) is 13.1 Å². The molecule has 2 N–H and O–H groups in total. The van der Waals surface area contributed by atoms with Crippen LogP contribution in [0.2, 0.25) is 0 Å². The van der Waals surface area contributed by atoms with Crippen molar-refractivity contribution in [1.82, 2.24) is 10.0 Å². The first-order valence-electron chi connectivity index (χ1n) is 7.05. The summed E-state index contributed by atoms with van der Waals surface area (Å²) in [6.07, 6.45) is -3.13. The van der Waals surface area contributed by atoms with Crippen LogP contribution in [0.15, 0.2) is 24.3 Å². The average molecular weight is 373 g/mol. The Morgan fingerprint density at radius 1 is 1.35 bits per heavy atom. The van der Waals surface area contributed by atoms with Gasteiger partial charge in [0.25, 0.3) is 0 Å². The predicted octanol–water partition coefficient (Wildman–Crippen LogP) is 2.69. The number of hydrogen-bond acceptors (Lipinski definition) is 3. The van der Waals surface area contributed by atoms with Gasteiger partial charge < -0.3 is 5.32 Å². The molecule has 0 bridgehead atoms. The molecule has 9 heteroatoms. The molecule has 2 unspecified atom stereocenters. The van der Waals surface area contributed by atoms with Gasteiger partial charge in [-0.15, -0.1) is 12.4 Å². The molecule has 0 saturated carbocycles. The lowest BCUT2D eigenvalue weighted by Crippen LogP contribution is -2.46. The zero-order valence-corrected chi connectivity index (χ0v) is 14.2. The van der Waals surface area contributed by atoms with E-state index in [1.54, 1.807) is 0 Å². The van der Waals surface area contributed by atoms with Gasteiger partial charge in [-0.05, 0) is 37.9 Å². The van der Waals surface area contributed by atoms with E-state index >= 15 is 0 Å². The molecular formula is C14H20ClF3N2O2S. The number of nitrogens with one attached hydrogen (secondary N) is 2. The molecule has 1 heterocycles. The molecule has 1 aliphatic rings. The summed E-state index contributed by atoms with van der Waals surface area (Å²) in [6, 6.07) is 4.46. The number of halogens is 4. The maximum atomic E-state index is 12.6. The zero-order valence-electron chi connectivity index (χ0n) is 12.6. The third-order valence-electron chi connectivity index (χ3n) is 3.58. The SMILES string of the molecule is CC1CC(NS(=O)(=O)Cc2cccc(C(F)(F)F)c2)CCN1.Cl. The van der Waals surface area contributed by atoms with Gasteiger partial charge >= 0.3 is 6.18 Å². The van der Waals surface area contributed by atoms with Gasteiger partial charge in [0.05, 0.1) is 11.3 Å². The highest BCUT2D eigenvalue weighted by atomic mass is 35.5. The van der Waals surface area contributed by atoms with Crippen molar-refractivity contribution in [2.75, 3.05) is 6.54 Å². The summed E-state index contributed by atoms with van der Waals surface area (Å²) in [6.45, 7) is 2.69. The van der Waals surface area contributed by atoms with Crippen LogP contribution in [0.4, 0.5) is 13.2 Å². The van der Waals surface area contributed by atoms with Gasteiger partial charge in [-0.1, -0.05) is 18.2 Å². The van der Waals surface area contributed by atoms with Crippen LogP contribution < -0.4 is 10.0 Å². The van der Waals surface area contributed by atoms with Crippen LogP contribution in [0, 0.1) is 0 Å². The Balaban J connectivity index is 0.00000264. The number of rotatable bonds is 4. The maximum Gasteiger partial charge on any atom is 0.416 e. The number of sulfonamides is 1. The number of alkyl halides is 3. The monoisotopic (exact) mass is 372 g/mol. The van der Waals surface area contributed by atoms with Crippen LogP contribution in [0.3, 0.4) is 0 Å². The van der Waals surface area contributed by atoms with Gasteiger partial charge in [0, 0.05) is 12.1 Å². The Hall–Kier alpha value is -0.830. The molecule has 1 aromatic carbocycles. The summed E-state index contributed by atoms with van der Waals surface area (Å²) in [4.78, 5) is 0. The van der Waals surface area contributed by atoms with E-state index in [1.165, 1.54) is 12.1 Å². The number of piperidine rings is 1. The highest BCUT2D eigenvalue weighted by Gasteiger charge is 2.31. The van der Waals surface area contributed by atoms with Crippen molar-refractivity contribution in [2.24, 2.45) is 0 Å². The summed E-state index contributed by atoms with van der Waals surface area (Å²) >= 11 is 0. The van der Waals surface area contributed by atoms with Gasteiger partial charge in [0.1, 0.15) is 0 Å². The highest BCUT2D eigenvalue weighted by molar-refractivity contribution is 7.88. The van der Waals surface area contributed by atoms with Crippen LogP contribution in [0.5, 0.6) is 0 Å². The average Bonchev–Trinajstić information content (AvgIpc) is 2.36. The second-order valence-corrected chi connectivity index (χ2v) is 7.41. The zero-order chi connectivity index (χ0) is 16.4. The first-order chi connectivity index (χ1) is 10.2. The van der Waals surface area contributed by atoms with E-state index in [1.807, 2.05) is 6.92 Å². The molecule has 1 saturated heterocycles. The normalized spacial score (nSPS) is 22.4. The van der Waals surface area contributed by atoms with Crippen LogP contribution in [-0.4, -0.2) is 27.0 Å².